The van der Waals surface area contributed by atoms with Gasteiger partial charge in [-0.2, -0.15) is 0 Å². The van der Waals surface area contributed by atoms with Crippen LogP contribution in [0.25, 0.3) is 0 Å². The number of nitrogens with zero attached hydrogens (tertiary/aromatic N) is 2. The van der Waals surface area contributed by atoms with E-state index in [1.165, 1.54) is 37.3 Å². The first-order valence-corrected chi connectivity index (χ1v) is 11.9. The summed E-state index contributed by atoms with van der Waals surface area (Å²) in [4.78, 5) is 61.2. The Morgan fingerprint density at radius 1 is 1.05 bits per heavy atom. The van der Waals surface area contributed by atoms with Crippen LogP contribution in [-0.2, 0) is 11.3 Å². The number of nitrogens with one attached hydrogen (secondary N) is 2. The predicted molar refractivity (Wildman–Crippen MR) is 141 cm³/mol. The van der Waals surface area contributed by atoms with E-state index in [1.807, 2.05) is 0 Å². The molecule has 0 fully saturated rings. The number of rotatable bonds is 10. The van der Waals surface area contributed by atoms with Gasteiger partial charge in [0, 0.05) is 29.8 Å². The van der Waals surface area contributed by atoms with E-state index in [9.17, 15) is 39.5 Å². The first-order valence-electron chi connectivity index (χ1n) is 11.5. The summed E-state index contributed by atoms with van der Waals surface area (Å²) in [5.41, 5.74) is 2.14. The Morgan fingerprint density at radius 2 is 1.75 bits per heavy atom. The van der Waals surface area contributed by atoms with E-state index >= 15 is 0 Å². The molecule has 0 radical (unpaired) electrons. The third-order valence-corrected chi connectivity index (χ3v) is 5.86. The number of hydrogen-bond acceptors (Lipinski definition) is 9. The van der Waals surface area contributed by atoms with Crippen molar-refractivity contribution in [2.24, 2.45) is 0 Å². The van der Waals surface area contributed by atoms with E-state index in [1.54, 1.807) is 12.1 Å². The Bertz CT molecular complexity index is 1490. The highest BCUT2D eigenvalue weighted by atomic mass is 35.5. The molecule has 40 heavy (non-hydrogen) atoms. The number of carboxylic acids is 1. The molecule has 3 rings (SSSR count). The molecule has 3 aromatic carbocycles. The molecule has 4 N–H and O–H groups in total. The van der Waals surface area contributed by atoms with Crippen LogP contribution in [0.15, 0.2) is 60.7 Å². The number of halogens is 1. The molecular weight excluding hydrogens is 548 g/mol. The van der Waals surface area contributed by atoms with Gasteiger partial charge in [0.2, 0.25) is 0 Å². The molecule has 0 aliphatic heterocycles. The van der Waals surface area contributed by atoms with Crippen molar-refractivity contribution in [3.63, 3.8) is 0 Å². The number of nitro groups is 1. The lowest BCUT2D eigenvalue weighted by atomic mass is 10.1. The summed E-state index contributed by atoms with van der Waals surface area (Å²) in [7, 11) is 1.16. The molecule has 0 heterocycles. The lowest BCUT2D eigenvalue weighted by Gasteiger charge is -2.24. The summed E-state index contributed by atoms with van der Waals surface area (Å²) in [6, 6.07) is 11.7. The highest BCUT2D eigenvalue weighted by Gasteiger charge is 2.30. The maximum atomic E-state index is 13.4. The number of ether oxygens (including phenoxy) is 1. The quantitative estimate of drug-likeness (QED) is 0.160. The number of phenolic OH excluding ortho intramolecular Hbond substituents is 1. The number of nitro benzene ring substituents is 1. The molecule has 3 aromatic rings. The van der Waals surface area contributed by atoms with Crippen LogP contribution in [0.3, 0.4) is 0 Å². The van der Waals surface area contributed by atoms with Gasteiger partial charge in [0.1, 0.15) is 11.8 Å². The lowest BCUT2D eigenvalue weighted by molar-refractivity contribution is -0.385. The molecule has 0 saturated heterocycles. The van der Waals surface area contributed by atoms with Crippen molar-refractivity contribution in [1.82, 2.24) is 15.8 Å². The van der Waals surface area contributed by atoms with Gasteiger partial charge in [-0.15, -0.1) is 0 Å². The van der Waals surface area contributed by atoms with Gasteiger partial charge in [0.25, 0.3) is 17.7 Å². The van der Waals surface area contributed by atoms with Crippen molar-refractivity contribution >= 4 is 41.0 Å². The van der Waals surface area contributed by atoms with Gasteiger partial charge in [0.05, 0.1) is 22.6 Å². The van der Waals surface area contributed by atoms with Crippen LogP contribution in [0.1, 0.15) is 43.6 Å². The number of carbonyl (C=O) groups excluding carboxylic acids is 3. The number of aromatic hydroxyl groups is 1. The number of aliphatic carboxylic acids is 1. The molecule has 3 amide bonds. The Hall–Kier alpha value is -5.01. The number of methoxy groups -OCH3 is 1. The van der Waals surface area contributed by atoms with E-state index in [2.05, 4.69) is 10.7 Å². The Labute approximate surface area is 232 Å². The summed E-state index contributed by atoms with van der Waals surface area (Å²) >= 11 is 6.29. The number of benzene rings is 3. The number of hydrogen-bond donors (Lipinski definition) is 4. The zero-order chi connectivity index (χ0) is 29.6. The minimum atomic E-state index is -1.41. The van der Waals surface area contributed by atoms with Crippen molar-refractivity contribution in [3.8, 4) is 11.5 Å². The Morgan fingerprint density at radius 3 is 2.35 bits per heavy atom. The van der Waals surface area contributed by atoms with Gasteiger partial charge in [-0.05, 0) is 48.9 Å². The third kappa shape index (κ3) is 6.89. The van der Waals surface area contributed by atoms with Crippen molar-refractivity contribution in [1.29, 1.82) is 0 Å². The summed E-state index contributed by atoms with van der Waals surface area (Å²) < 4.78 is 4.97. The van der Waals surface area contributed by atoms with E-state index in [-0.39, 0.29) is 39.8 Å². The predicted octanol–water partition coefficient (Wildman–Crippen LogP) is 3.15. The molecule has 13 nitrogen and oxygen atoms in total. The van der Waals surface area contributed by atoms with E-state index in [4.69, 9.17) is 16.3 Å². The highest BCUT2D eigenvalue weighted by molar-refractivity contribution is 6.34. The zero-order valence-corrected chi connectivity index (χ0v) is 21.8. The fraction of sp³-hybridized carbons (Fsp3) is 0.154. The first-order chi connectivity index (χ1) is 18.9. The van der Waals surface area contributed by atoms with Crippen LogP contribution < -0.4 is 15.5 Å². The van der Waals surface area contributed by atoms with Crippen molar-refractivity contribution in [3.05, 3.63) is 98.1 Å². The van der Waals surface area contributed by atoms with Gasteiger partial charge in [-0.1, -0.05) is 23.7 Å². The van der Waals surface area contributed by atoms with Gasteiger partial charge in [-0.25, -0.2) is 10.4 Å². The molecule has 0 spiro atoms. The average Bonchev–Trinajstić information content (AvgIpc) is 2.93. The van der Waals surface area contributed by atoms with E-state index in [0.29, 0.717) is 10.6 Å². The number of phenols is 1. The second-order valence-electron chi connectivity index (χ2n) is 8.33. The molecule has 0 aliphatic rings. The number of hydrazine groups is 1. The van der Waals surface area contributed by atoms with Crippen molar-refractivity contribution < 1.29 is 39.1 Å². The smallest absolute Gasteiger partial charge is 0.322 e. The molecule has 0 aromatic heterocycles. The largest absolute Gasteiger partial charge is 0.508 e. The summed E-state index contributed by atoms with van der Waals surface area (Å²) in [6.45, 7) is 1.29. The molecule has 14 heteroatoms. The molecule has 208 valence electrons. The van der Waals surface area contributed by atoms with Crippen molar-refractivity contribution in [2.45, 2.75) is 19.5 Å². The van der Waals surface area contributed by atoms with Crippen LogP contribution in [0.2, 0.25) is 5.02 Å². The third-order valence-electron chi connectivity index (χ3n) is 5.55. The molecule has 0 aliphatic carbocycles. The van der Waals surface area contributed by atoms with Crippen LogP contribution in [0, 0.1) is 10.1 Å². The second kappa shape index (κ2) is 12.7. The van der Waals surface area contributed by atoms with Gasteiger partial charge >= 0.3 is 11.7 Å². The fourth-order valence-electron chi connectivity index (χ4n) is 3.45. The fourth-order valence-corrected chi connectivity index (χ4v) is 3.71. The van der Waals surface area contributed by atoms with Crippen LogP contribution >= 0.6 is 11.6 Å². The first kappa shape index (κ1) is 29.5. The van der Waals surface area contributed by atoms with E-state index in [0.717, 1.165) is 25.3 Å². The minimum absolute atomic E-state index is 0.0368. The maximum absolute atomic E-state index is 13.4. The molecule has 0 bridgehead atoms. The summed E-state index contributed by atoms with van der Waals surface area (Å²) in [5.74, 6) is -4.23. The standard InChI is InChI=1S/C26H23ClN4O9/c1-14(26(36)37)29-30(24(34)17-7-9-21(31(38)39)22(12-17)40-2)25(35)19-8-6-16(11-20(19)27)23(33)28-13-15-4-3-5-18(32)10-15/h3-12,14,29,32H,13H2,1-2H3,(H,28,33)(H,36,37)/t14-/m0/s1. The number of carboxylic acid groups (broad SMARTS) is 1. The number of imide groups is 1. The van der Waals surface area contributed by atoms with Crippen LogP contribution in [0.4, 0.5) is 5.69 Å². The summed E-state index contributed by atoms with van der Waals surface area (Å²) in [6.07, 6.45) is 0. The zero-order valence-electron chi connectivity index (χ0n) is 21.1. The van der Waals surface area contributed by atoms with Gasteiger partial charge < -0.3 is 20.3 Å². The number of amides is 3. The Balaban J connectivity index is 1.89. The highest BCUT2D eigenvalue weighted by Crippen LogP contribution is 2.28. The monoisotopic (exact) mass is 570 g/mol. The molecule has 1 atom stereocenters. The van der Waals surface area contributed by atoms with Crippen molar-refractivity contribution in [2.75, 3.05) is 7.11 Å². The van der Waals surface area contributed by atoms with E-state index < -0.39 is 40.3 Å². The van der Waals surface area contributed by atoms with Gasteiger partial charge in [-0.3, -0.25) is 29.3 Å². The minimum Gasteiger partial charge on any atom is -0.508 e. The lowest BCUT2D eigenvalue weighted by Crippen LogP contribution is -2.53. The Kier molecular flexibility index (Phi) is 9.37. The van der Waals surface area contributed by atoms with Gasteiger partial charge in [0.15, 0.2) is 5.75 Å². The second-order valence-corrected chi connectivity index (χ2v) is 8.73. The molecular formula is C26H23ClN4O9. The molecule has 0 saturated carbocycles. The molecule has 0 unspecified atom stereocenters. The van der Waals surface area contributed by atoms with Crippen LogP contribution in [0.5, 0.6) is 11.5 Å². The average molecular weight is 571 g/mol. The SMILES string of the molecule is COc1cc(C(=O)N(N[C@@H](C)C(=O)O)C(=O)c2ccc(C(=O)NCc3cccc(O)c3)cc2Cl)ccc1[N+](=O)[O-]. The summed E-state index contributed by atoms with van der Waals surface area (Å²) in [5, 5.41) is 32.9. The maximum Gasteiger partial charge on any atom is 0.322 e. The van der Waals surface area contributed by atoms with Crippen LogP contribution in [-0.4, -0.2) is 57.0 Å². The number of carbonyl (C=O) groups is 4. The normalized spacial score (nSPS) is 11.3. The topological polar surface area (TPSA) is 188 Å².